The van der Waals surface area contributed by atoms with Gasteiger partial charge in [0.2, 0.25) is 0 Å². The Bertz CT molecular complexity index is 713. The van der Waals surface area contributed by atoms with Crippen LogP contribution < -0.4 is 11.1 Å². The highest BCUT2D eigenvalue weighted by Crippen LogP contribution is 2.40. The average molecular weight is 279 g/mol. The molecule has 1 unspecified atom stereocenters. The van der Waals surface area contributed by atoms with Crippen LogP contribution >= 0.6 is 11.6 Å². The molecule has 4 nitrogen and oxygen atoms in total. The Kier molecular flexibility index (Phi) is 3.19. The largest absolute Gasteiger partial charge is 0.316 e. The van der Waals surface area contributed by atoms with Crippen LogP contribution in [0.1, 0.15) is 36.6 Å². The molecule has 0 saturated heterocycles. The molecular formula is C14H15ClN2O2. The predicted molar refractivity (Wildman–Crippen MR) is 75.7 cm³/mol. The van der Waals surface area contributed by atoms with Gasteiger partial charge in [0, 0.05) is 0 Å². The molecule has 1 saturated carbocycles. The maximum absolute atomic E-state index is 11.3. The number of halogens is 1. The molecule has 0 spiro atoms. The maximum atomic E-state index is 11.3. The molecule has 0 radical (unpaired) electrons. The number of hydrogen-bond donors (Lipinski definition) is 2. The minimum Gasteiger partial charge on any atom is -0.316 e. The zero-order valence-electron chi connectivity index (χ0n) is 10.4. The van der Waals surface area contributed by atoms with E-state index in [0.717, 1.165) is 18.4 Å². The highest BCUT2D eigenvalue weighted by Gasteiger charge is 2.24. The molecule has 19 heavy (non-hydrogen) atoms. The third-order valence-electron chi connectivity index (χ3n) is 3.88. The number of benzene rings is 1. The quantitative estimate of drug-likeness (QED) is 0.655. The number of aromatic amines is 2. The van der Waals surface area contributed by atoms with Crippen molar-refractivity contribution in [2.45, 2.75) is 31.1 Å². The first-order valence-corrected chi connectivity index (χ1v) is 6.99. The van der Waals surface area contributed by atoms with Crippen LogP contribution in [0.4, 0.5) is 0 Å². The van der Waals surface area contributed by atoms with Gasteiger partial charge in [-0.15, -0.1) is 11.6 Å². The molecule has 1 atom stereocenters. The average Bonchev–Trinajstić information content (AvgIpc) is 2.93. The van der Waals surface area contributed by atoms with Crippen LogP contribution in [0.3, 0.4) is 0 Å². The van der Waals surface area contributed by atoms with Crippen LogP contribution in [0, 0.1) is 5.92 Å². The number of aromatic nitrogens is 2. The van der Waals surface area contributed by atoms with Crippen molar-refractivity contribution < 1.29 is 0 Å². The lowest BCUT2D eigenvalue weighted by Gasteiger charge is -2.17. The van der Waals surface area contributed by atoms with Crippen molar-refractivity contribution in [1.29, 1.82) is 0 Å². The van der Waals surface area contributed by atoms with E-state index in [-0.39, 0.29) is 5.38 Å². The molecule has 1 aliphatic rings. The monoisotopic (exact) mass is 278 g/mol. The fraction of sp³-hybridized carbons (Fsp3) is 0.429. The van der Waals surface area contributed by atoms with Crippen LogP contribution in [0.25, 0.3) is 11.0 Å². The lowest BCUT2D eigenvalue weighted by atomic mass is 9.97. The number of nitrogens with one attached hydrogen (secondary N) is 2. The van der Waals surface area contributed by atoms with Crippen LogP contribution in [0.15, 0.2) is 27.8 Å². The van der Waals surface area contributed by atoms with E-state index >= 15 is 0 Å². The van der Waals surface area contributed by atoms with Gasteiger partial charge in [0.25, 0.3) is 0 Å². The van der Waals surface area contributed by atoms with Crippen LogP contribution in [-0.4, -0.2) is 9.97 Å². The van der Waals surface area contributed by atoms with Gasteiger partial charge in [-0.05, 0) is 36.5 Å². The molecule has 5 heteroatoms. The van der Waals surface area contributed by atoms with Gasteiger partial charge in [-0.2, -0.15) is 0 Å². The minimum absolute atomic E-state index is 0.0256. The van der Waals surface area contributed by atoms with E-state index in [2.05, 4.69) is 9.97 Å². The number of H-pyrrole nitrogens is 2. The molecule has 0 aliphatic heterocycles. The predicted octanol–water partition coefficient (Wildman–Crippen LogP) is 2.69. The van der Waals surface area contributed by atoms with Crippen molar-refractivity contribution in [3.8, 4) is 0 Å². The lowest BCUT2D eigenvalue weighted by Crippen LogP contribution is -2.28. The van der Waals surface area contributed by atoms with E-state index in [0.29, 0.717) is 17.0 Å². The van der Waals surface area contributed by atoms with E-state index in [4.69, 9.17) is 11.6 Å². The second-order valence-electron chi connectivity index (χ2n) is 5.16. The maximum Gasteiger partial charge on any atom is 0.314 e. The molecule has 1 fully saturated rings. The minimum atomic E-state index is -0.628. The molecule has 1 aromatic heterocycles. The number of alkyl halides is 1. The number of fused-ring (bicyclic) bond motifs is 1. The summed E-state index contributed by atoms with van der Waals surface area (Å²) in [4.78, 5) is 27.7. The molecular weight excluding hydrogens is 264 g/mol. The van der Waals surface area contributed by atoms with Crippen molar-refractivity contribution in [3.63, 3.8) is 0 Å². The lowest BCUT2D eigenvalue weighted by molar-refractivity contribution is 0.529. The number of hydrogen-bond acceptors (Lipinski definition) is 2. The number of rotatable bonds is 2. The zero-order valence-corrected chi connectivity index (χ0v) is 11.2. The van der Waals surface area contributed by atoms with Gasteiger partial charge in [0.05, 0.1) is 16.4 Å². The topological polar surface area (TPSA) is 65.7 Å². The molecule has 100 valence electrons. The summed E-state index contributed by atoms with van der Waals surface area (Å²) in [7, 11) is 0. The van der Waals surface area contributed by atoms with Gasteiger partial charge in [-0.1, -0.05) is 18.9 Å². The summed E-state index contributed by atoms with van der Waals surface area (Å²) in [5, 5.41) is -0.0256. The fourth-order valence-electron chi connectivity index (χ4n) is 2.83. The first kappa shape index (κ1) is 12.5. The summed E-state index contributed by atoms with van der Waals surface area (Å²) in [6.07, 6.45) is 4.81. The first-order chi connectivity index (χ1) is 9.15. The molecule has 1 aliphatic carbocycles. The van der Waals surface area contributed by atoms with Crippen LogP contribution in [0.5, 0.6) is 0 Å². The van der Waals surface area contributed by atoms with Crippen molar-refractivity contribution in [2.75, 3.05) is 0 Å². The SMILES string of the molecule is O=c1[nH]c2ccc(C(Cl)C3CCCC3)cc2[nH]c1=O. The molecule has 1 heterocycles. The van der Waals surface area contributed by atoms with Crippen LogP contribution in [0.2, 0.25) is 0 Å². The van der Waals surface area contributed by atoms with Crippen molar-refractivity contribution in [2.24, 2.45) is 5.92 Å². The van der Waals surface area contributed by atoms with E-state index in [1.54, 1.807) is 6.07 Å². The first-order valence-electron chi connectivity index (χ1n) is 6.55. The summed E-state index contributed by atoms with van der Waals surface area (Å²) in [6.45, 7) is 0. The fourth-order valence-corrected chi connectivity index (χ4v) is 3.21. The zero-order chi connectivity index (χ0) is 13.4. The highest BCUT2D eigenvalue weighted by molar-refractivity contribution is 6.21. The summed E-state index contributed by atoms with van der Waals surface area (Å²) in [5.41, 5.74) is 1.01. The molecule has 2 N–H and O–H groups in total. The van der Waals surface area contributed by atoms with Crippen molar-refractivity contribution in [1.82, 2.24) is 9.97 Å². The Hall–Kier alpha value is -1.55. The Labute approximate surface area is 114 Å². The van der Waals surface area contributed by atoms with Gasteiger partial charge in [-0.3, -0.25) is 9.59 Å². The second-order valence-corrected chi connectivity index (χ2v) is 5.63. The van der Waals surface area contributed by atoms with Crippen molar-refractivity contribution >= 4 is 22.6 Å². The smallest absolute Gasteiger partial charge is 0.314 e. The molecule has 1 aromatic carbocycles. The van der Waals surface area contributed by atoms with Gasteiger partial charge in [-0.25, -0.2) is 0 Å². The Balaban J connectivity index is 2.03. The van der Waals surface area contributed by atoms with Gasteiger partial charge >= 0.3 is 11.1 Å². The normalized spacial score (nSPS) is 17.9. The van der Waals surface area contributed by atoms with Crippen molar-refractivity contribution in [3.05, 3.63) is 44.5 Å². The Morgan fingerprint density at radius 1 is 1.05 bits per heavy atom. The van der Waals surface area contributed by atoms with E-state index < -0.39 is 11.1 Å². The molecule has 0 amide bonds. The molecule has 2 aromatic rings. The third-order valence-corrected chi connectivity index (χ3v) is 4.49. The highest BCUT2D eigenvalue weighted by atomic mass is 35.5. The van der Waals surface area contributed by atoms with E-state index in [9.17, 15) is 9.59 Å². The van der Waals surface area contributed by atoms with E-state index in [1.165, 1.54) is 12.8 Å². The molecule has 0 bridgehead atoms. The summed E-state index contributed by atoms with van der Waals surface area (Å²) in [6, 6.07) is 5.58. The summed E-state index contributed by atoms with van der Waals surface area (Å²) < 4.78 is 0. The molecule has 3 rings (SSSR count). The van der Waals surface area contributed by atoms with Crippen LogP contribution in [-0.2, 0) is 0 Å². The standard InChI is InChI=1S/C14H15ClN2O2/c15-12(8-3-1-2-4-8)9-5-6-10-11(7-9)17-14(19)13(18)16-10/h5-8,12H,1-4H2,(H,16,18)(H,17,19). The van der Waals surface area contributed by atoms with Gasteiger partial charge in [0.1, 0.15) is 0 Å². The third kappa shape index (κ3) is 2.32. The van der Waals surface area contributed by atoms with E-state index in [1.807, 2.05) is 12.1 Å². The second kappa shape index (κ2) is 4.85. The van der Waals surface area contributed by atoms with Gasteiger partial charge < -0.3 is 9.97 Å². The van der Waals surface area contributed by atoms with Gasteiger partial charge in [0.15, 0.2) is 0 Å². The summed E-state index contributed by atoms with van der Waals surface area (Å²) in [5.74, 6) is 0.508. The Morgan fingerprint density at radius 3 is 2.37 bits per heavy atom. The summed E-state index contributed by atoms with van der Waals surface area (Å²) >= 11 is 6.52. The Morgan fingerprint density at radius 2 is 1.68 bits per heavy atom.